The maximum Gasteiger partial charge on any atom is 0.398 e. The molecule has 0 radical (unpaired) electrons. The highest BCUT2D eigenvalue weighted by Crippen LogP contribution is 2.49. The number of carbonyl (C=O) groups is 2. The van der Waals surface area contributed by atoms with Gasteiger partial charge in [-0.3, -0.25) is 24.0 Å². The molecule has 0 bridgehead atoms. The van der Waals surface area contributed by atoms with Crippen LogP contribution in [0.3, 0.4) is 0 Å². The standard InChI is InChI=1S/C32H37N2O6P/c1-21-12-8-11-15-26(21)37-24-18-16-23(17-19-24)33-28-27(29(35)34-30(28)36)22-13-9-10-14-25(20-22)38-41(39-31(2,3)4)40-32(5,6)7/h8-9,11-20H,10H2,1-7H3,(H2,33,34,35,36). The predicted octanol–water partition coefficient (Wildman–Crippen LogP) is 7.75. The molecular weight excluding hydrogens is 539 g/mol. The topological polar surface area (TPSA) is 95.1 Å². The first-order chi connectivity index (χ1) is 19.3. The van der Waals surface area contributed by atoms with Crippen LogP contribution in [-0.4, -0.2) is 23.0 Å². The SMILES string of the molecule is Cc1ccccc1Oc1ccc(NC2=C(C3=CC(OP(OC(C)(C)C)OC(C)(C)C)=CCC=C3)C(=O)NC2=O)cc1. The molecule has 1 heterocycles. The normalized spacial score (nSPS) is 15.9. The van der Waals surface area contributed by atoms with Crippen molar-refractivity contribution in [1.82, 2.24) is 5.32 Å². The summed E-state index contributed by atoms with van der Waals surface area (Å²) in [4.78, 5) is 25.8. The van der Waals surface area contributed by atoms with Gasteiger partial charge in [0.25, 0.3) is 11.8 Å². The first-order valence-corrected chi connectivity index (χ1v) is 14.5. The van der Waals surface area contributed by atoms with Crippen LogP contribution in [0.2, 0.25) is 0 Å². The average Bonchev–Trinajstić information content (AvgIpc) is 3.00. The van der Waals surface area contributed by atoms with Gasteiger partial charge >= 0.3 is 8.60 Å². The number of carbonyl (C=O) groups excluding carboxylic acids is 2. The Hall–Kier alpha value is -3.71. The van der Waals surface area contributed by atoms with Crippen molar-refractivity contribution in [2.75, 3.05) is 5.32 Å². The molecule has 41 heavy (non-hydrogen) atoms. The van der Waals surface area contributed by atoms with Crippen LogP contribution in [0.4, 0.5) is 5.69 Å². The summed E-state index contributed by atoms with van der Waals surface area (Å²) in [5.41, 5.74) is 1.57. The second-order valence-electron chi connectivity index (χ2n) is 11.6. The molecule has 4 rings (SSSR count). The molecule has 0 fully saturated rings. The number of ether oxygens (including phenoxy) is 1. The lowest BCUT2D eigenvalue weighted by molar-refractivity contribution is -0.124. The summed E-state index contributed by atoms with van der Waals surface area (Å²) < 4.78 is 24.3. The van der Waals surface area contributed by atoms with Gasteiger partial charge in [-0.05, 0) is 109 Å². The number of nitrogens with one attached hydrogen (secondary N) is 2. The molecule has 8 nitrogen and oxygen atoms in total. The van der Waals surface area contributed by atoms with Gasteiger partial charge in [0.05, 0.1) is 16.8 Å². The second kappa shape index (κ2) is 12.4. The summed E-state index contributed by atoms with van der Waals surface area (Å²) in [7, 11) is -1.75. The Bertz CT molecular complexity index is 1410. The summed E-state index contributed by atoms with van der Waals surface area (Å²) in [6.45, 7) is 13.6. The molecule has 0 saturated heterocycles. The van der Waals surface area contributed by atoms with Crippen molar-refractivity contribution in [3.8, 4) is 11.5 Å². The molecule has 2 N–H and O–H groups in total. The van der Waals surface area contributed by atoms with E-state index in [4.69, 9.17) is 18.3 Å². The van der Waals surface area contributed by atoms with E-state index in [2.05, 4.69) is 10.6 Å². The number of amides is 2. The number of hydrogen-bond acceptors (Lipinski definition) is 7. The van der Waals surface area contributed by atoms with Crippen LogP contribution in [0.25, 0.3) is 0 Å². The van der Waals surface area contributed by atoms with Crippen LogP contribution >= 0.6 is 8.60 Å². The number of para-hydroxylation sites is 1. The van der Waals surface area contributed by atoms with Crippen LogP contribution in [0.5, 0.6) is 11.5 Å². The van der Waals surface area contributed by atoms with Crippen molar-refractivity contribution in [2.45, 2.75) is 66.1 Å². The Morgan fingerprint density at radius 2 is 1.54 bits per heavy atom. The van der Waals surface area contributed by atoms with E-state index in [9.17, 15) is 9.59 Å². The quantitative estimate of drug-likeness (QED) is 0.233. The van der Waals surface area contributed by atoms with Gasteiger partial charge in [0, 0.05) is 5.69 Å². The van der Waals surface area contributed by atoms with E-state index >= 15 is 0 Å². The van der Waals surface area contributed by atoms with Gasteiger partial charge in [-0.2, -0.15) is 0 Å². The lowest BCUT2D eigenvalue weighted by Crippen LogP contribution is -2.24. The fraction of sp³-hybridized carbons (Fsp3) is 0.312. The average molecular weight is 577 g/mol. The third kappa shape index (κ3) is 8.64. The predicted molar refractivity (Wildman–Crippen MR) is 161 cm³/mol. The molecule has 0 spiro atoms. The largest absolute Gasteiger partial charge is 0.457 e. The Balaban J connectivity index is 1.58. The number of anilines is 1. The second-order valence-corrected chi connectivity index (χ2v) is 12.6. The number of imide groups is 1. The molecule has 0 saturated carbocycles. The van der Waals surface area contributed by atoms with Gasteiger partial charge in [-0.15, -0.1) is 0 Å². The van der Waals surface area contributed by atoms with Crippen molar-refractivity contribution in [3.63, 3.8) is 0 Å². The zero-order chi connectivity index (χ0) is 29.8. The van der Waals surface area contributed by atoms with Crippen LogP contribution in [0, 0.1) is 6.92 Å². The summed E-state index contributed by atoms with van der Waals surface area (Å²) in [5, 5.41) is 5.52. The number of benzene rings is 2. The number of hydrogen-bond donors (Lipinski definition) is 2. The monoisotopic (exact) mass is 576 g/mol. The molecule has 216 valence electrons. The molecule has 2 aliphatic rings. The molecule has 0 unspecified atom stereocenters. The molecule has 2 aromatic rings. The van der Waals surface area contributed by atoms with Crippen LogP contribution in [-0.2, 0) is 23.2 Å². The minimum Gasteiger partial charge on any atom is -0.457 e. The minimum absolute atomic E-state index is 0.152. The van der Waals surface area contributed by atoms with Crippen LogP contribution < -0.4 is 15.4 Å². The van der Waals surface area contributed by atoms with Gasteiger partial charge in [-0.1, -0.05) is 30.4 Å². The highest BCUT2D eigenvalue weighted by atomic mass is 31.2. The van der Waals surface area contributed by atoms with Gasteiger partial charge < -0.3 is 14.6 Å². The van der Waals surface area contributed by atoms with Crippen molar-refractivity contribution in [1.29, 1.82) is 0 Å². The highest BCUT2D eigenvalue weighted by Gasteiger charge is 2.33. The summed E-state index contributed by atoms with van der Waals surface area (Å²) in [5.74, 6) is 0.902. The fourth-order valence-electron chi connectivity index (χ4n) is 3.85. The van der Waals surface area contributed by atoms with Crippen molar-refractivity contribution < 1.29 is 27.9 Å². The fourth-order valence-corrected chi connectivity index (χ4v) is 5.15. The van der Waals surface area contributed by atoms with E-state index in [-0.39, 0.29) is 11.3 Å². The zero-order valence-electron chi connectivity index (χ0n) is 24.5. The number of rotatable bonds is 9. The van der Waals surface area contributed by atoms with E-state index in [1.165, 1.54) is 0 Å². The Morgan fingerprint density at radius 3 is 2.17 bits per heavy atom. The first-order valence-electron chi connectivity index (χ1n) is 13.4. The van der Waals surface area contributed by atoms with Gasteiger partial charge in [0.2, 0.25) is 0 Å². The Kier molecular flexibility index (Phi) is 9.17. The van der Waals surface area contributed by atoms with Crippen LogP contribution in [0.15, 0.2) is 95.4 Å². The summed E-state index contributed by atoms with van der Waals surface area (Å²) >= 11 is 0. The molecule has 1 aliphatic carbocycles. The number of aryl methyl sites for hydroxylation is 1. The molecule has 1 aliphatic heterocycles. The maximum absolute atomic E-state index is 13.0. The van der Waals surface area contributed by atoms with Crippen molar-refractivity contribution in [3.05, 3.63) is 101 Å². The zero-order valence-corrected chi connectivity index (χ0v) is 25.4. The van der Waals surface area contributed by atoms with Crippen LogP contribution in [0.1, 0.15) is 53.5 Å². The van der Waals surface area contributed by atoms with Gasteiger partial charge in [-0.25, -0.2) is 0 Å². The smallest absolute Gasteiger partial charge is 0.398 e. The Labute approximate surface area is 243 Å². The first kappa shape index (κ1) is 30.3. The minimum atomic E-state index is -1.75. The molecular formula is C32H37N2O6P. The molecule has 0 aromatic heterocycles. The third-order valence-corrected chi connectivity index (χ3v) is 7.35. The molecule has 2 aromatic carbocycles. The van der Waals surface area contributed by atoms with E-state index < -0.39 is 31.6 Å². The summed E-state index contributed by atoms with van der Waals surface area (Å²) in [6.07, 6.45) is 7.88. The van der Waals surface area contributed by atoms with Gasteiger partial charge in [0.15, 0.2) is 0 Å². The van der Waals surface area contributed by atoms with Crippen molar-refractivity contribution >= 4 is 26.1 Å². The van der Waals surface area contributed by atoms with E-state index in [0.29, 0.717) is 29.2 Å². The Morgan fingerprint density at radius 1 is 0.878 bits per heavy atom. The third-order valence-electron chi connectivity index (χ3n) is 5.59. The van der Waals surface area contributed by atoms with Gasteiger partial charge in [0.1, 0.15) is 23.0 Å². The highest BCUT2D eigenvalue weighted by molar-refractivity contribution is 7.41. The summed E-state index contributed by atoms with van der Waals surface area (Å²) in [6, 6.07) is 14.9. The molecule has 0 atom stereocenters. The molecule has 2 amide bonds. The van der Waals surface area contributed by atoms with E-state index in [1.807, 2.05) is 84.9 Å². The maximum atomic E-state index is 13.0. The lowest BCUT2D eigenvalue weighted by atomic mass is 10.0. The van der Waals surface area contributed by atoms with E-state index in [1.54, 1.807) is 36.4 Å². The number of allylic oxidation sites excluding steroid dienone is 4. The van der Waals surface area contributed by atoms with Crippen molar-refractivity contribution in [2.24, 2.45) is 0 Å². The lowest BCUT2D eigenvalue weighted by Gasteiger charge is -2.30. The van der Waals surface area contributed by atoms with E-state index in [0.717, 1.165) is 11.3 Å². The molecule has 9 heteroatoms.